The number of aromatic nitrogens is 5. The zero-order chi connectivity index (χ0) is 22.3. The lowest BCUT2D eigenvalue weighted by molar-refractivity contribution is -0.134. The van der Waals surface area contributed by atoms with E-state index in [4.69, 9.17) is 26.1 Å². The van der Waals surface area contributed by atoms with Gasteiger partial charge in [-0.05, 0) is 25.7 Å². The average molecular weight is 422 g/mol. The molecule has 1 fully saturated rings. The Morgan fingerprint density at radius 2 is 2.07 bits per heavy atom. The quantitative estimate of drug-likeness (QED) is 0.582. The highest BCUT2D eigenvalue weighted by Crippen LogP contribution is 2.33. The molecule has 0 saturated heterocycles. The van der Waals surface area contributed by atoms with Crippen LogP contribution in [0.3, 0.4) is 0 Å². The normalized spacial score (nSPS) is 21.0. The van der Waals surface area contributed by atoms with Crippen LogP contribution in [0.15, 0.2) is 12.3 Å². The number of carboxylic acids is 1. The standard InChI is InChI=1S/C17H27N7O2.C2H4O2/c1-3-8-26-13-5-4-11(9-12(13)18)17-21-15(10-14(19)25)22-24(17)16-6-7-20-23(16)2;1-2(3)4/h6-7,11-13H,3-5,8-10,18H2,1-2H3,(H2,19,25);1H3,(H,3,4)/t11-,12+,13+;/m0./s1. The molecule has 1 aliphatic rings. The van der Waals surface area contributed by atoms with Crippen LogP contribution in [-0.4, -0.2) is 60.3 Å². The fourth-order valence-corrected chi connectivity index (χ4v) is 3.50. The van der Waals surface area contributed by atoms with Crippen molar-refractivity contribution in [3.8, 4) is 5.82 Å². The molecule has 3 rings (SSSR count). The molecular formula is C19H31N7O4. The summed E-state index contributed by atoms with van der Waals surface area (Å²) >= 11 is 0. The van der Waals surface area contributed by atoms with Crippen molar-refractivity contribution >= 4 is 11.9 Å². The first-order valence-electron chi connectivity index (χ1n) is 10.0. The second-order valence-corrected chi connectivity index (χ2v) is 7.36. The van der Waals surface area contributed by atoms with Gasteiger partial charge in [0.25, 0.3) is 5.97 Å². The van der Waals surface area contributed by atoms with Crippen LogP contribution < -0.4 is 11.5 Å². The molecule has 0 aromatic carbocycles. The molecule has 0 unspecified atom stereocenters. The maximum atomic E-state index is 11.3. The first-order valence-corrected chi connectivity index (χ1v) is 10.0. The van der Waals surface area contributed by atoms with E-state index in [-0.39, 0.29) is 24.5 Å². The molecule has 1 aliphatic carbocycles. The summed E-state index contributed by atoms with van der Waals surface area (Å²) in [5, 5.41) is 16.1. The fourth-order valence-electron chi connectivity index (χ4n) is 3.50. The average Bonchev–Trinajstić information content (AvgIpc) is 3.25. The minimum Gasteiger partial charge on any atom is -0.481 e. The lowest BCUT2D eigenvalue weighted by Gasteiger charge is -2.33. The van der Waals surface area contributed by atoms with Gasteiger partial charge in [-0.3, -0.25) is 14.3 Å². The van der Waals surface area contributed by atoms with Gasteiger partial charge in [0.15, 0.2) is 11.6 Å². The number of ether oxygens (including phenoxy) is 1. The van der Waals surface area contributed by atoms with Crippen LogP contribution >= 0.6 is 0 Å². The highest BCUT2D eigenvalue weighted by atomic mass is 16.5. The van der Waals surface area contributed by atoms with Crippen molar-refractivity contribution < 1.29 is 19.4 Å². The van der Waals surface area contributed by atoms with Gasteiger partial charge in [-0.2, -0.15) is 9.78 Å². The number of primary amides is 1. The van der Waals surface area contributed by atoms with Crippen LogP contribution in [0, 0.1) is 0 Å². The third-order valence-corrected chi connectivity index (χ3v) is 4.76. The van der Waals surface area contributed by atoms with Crippen LogP contribution in [0.4, 0.5) is 0 Å². The van der Waals surface area contributed by atoms with E-state index in [9.17, 15) is 4.79 Å². The van der Waals surface area contributed by atoms with E-state index in [1.165, 1.54) is 0 Å². The smallest absolute Gasteiger partial charge is 0.300 e. The number of hydrogen-bond acceptors (Lipinski definition) is 7. The maximum absolute atomic E-state index is 11.3. The number of aliphatic carboxylic acids is 1. The fraction of sp³-hybridized carbons (Fsp3) is 0.632. The van der Waals surface area contributed by atoms with Gasteiger partial charge >= 0.3 is 0 Å². The molecule has 0 radical (unpaired) electrons. The van der Waals surface area contributed by atoms with Gasteiger partial charge in [0.05, 0.1) is 18.7 Å². The Labute approximate surface area is 175 Å². The van der Waals surface area contributed by atoms with E-state index in [0.29, 0.717) is 5.82 Å². The Balaban J connectivity index is 0.000000735. The molecule has 1 saturated carbocycles. The van der Waals surface area contributed by atoms with Crippen LogP contribution in [-0.2, 0) is 27.8 Å². The zero-order valence-corrected chi connectivity index (χ0v) is 17.7. The lowest BCUT2D eigenvalue weighted by Crippen LogP contribution is -2.42. The van der Waals surface area contributed by atoms with Gasteiger partial charge < -0.3 is 21.3 Å². The predicted octanol–water partition coefficient (Wildman–Crippen LogP) is 0.510. The number of rotatable bonds is 7. The van der Waals surface area contributed by atoms with Gasteiger partial charge in [0, 0.05) is 38.6 Å². The lowest BCUT2D eigenvalue weighted by atomic mass is 9.83. The predicted molar refractivity (Wildman–Crippen MR) is 109 cm³/mol. The second kappa shape index (κ2) is 10.8. The Morgan fingerprint density at radius 1 is 1.37 bits per heavy atom. The summed E-state index contributed by atoms with van der Waals surface area (Å²) in [7, 11) is 1.84. The number of hydrogen-bond donors (Lipinski definition) is 3. The molecule has 2 heterocycles. The molecule has 2 aromatic heterocycles. The molecule has 11 nitrogen and oxygen atoms in total. The SMILES string of the molecule is CC(=O)O.CCCO[C@@H]1CC[C@H](c2nc(CC(N)=O)nn2-c2ccnn2C)C[C@H]1N. The molecule has 2 aromatic rings. The van der Waals surface area contributed by atoms with Gasteiger partial charge in [-0.15, -0.1) is 5.10 Å². The van der Waals surface area contributed by atoms with Gasteiger partial charge in [-0.25, -0.2) is 4.98 Å². The highest BCUT2D eigenvalue weighted by molar-refractivity contribution is 5.75. The molecule has 5 N–H and O–H groups in total. The van der Waals surface area contributed by atoms with Crippen molar-refractivity contribution in [1.29, 1.82) is 0 Å². The monoisotopic (exact) mass is 421 g/mol. The Morgan fingerprint density at radius 3 is 2.60 bits per heavy atom. The largest absolute Gasteiger partial charge is 0.481 e. The van der Waals surface area contributed by atoms with E-state index in [2.05, 4.69) is 22.1 Å². The number of carbonyl (C=O) groups is 2. The summed E-state index contributed by atoms with van der Waals surface area (Å²) in [5.41, 5.74) is 11.7. The molecule has 30 heavy (non-hydrogen) atoms. The number of aryl methyl sites for hydroxylation is 1. The van der Waals surface area contributed by atoms with E-state index in [0.717, 1.165) is 50.9 Å². The second-order valence-electron chi connectivity index (χ2n) is 7.36. The van der Waals surface area contributed by atoms with E-state index < -0.39 is 11.9 Å². The van der Waals surface area contributed by atoms with Crippen molar-refractivity contribution in [2.75, 3.05) is 6.61 Å². The Kier molecular flexibility index (Phi) is 8.48. The molecule has 0 spiro atoms. The molecule has 0 aliphatic heterocycles. The summed E-state index contributed by atoms with van der Waals surface area (Å²) in [5.74, 6) is 0.879. The van der Waals surface area contributed by atoms with Gasteiger partial charge in [-0.1, -0.05) is 6.92 Å². The van der Waals surface area contributed by atoms with E-state index in [1.807, 2.05) is 13.1 Å². The van der Waals surface area contributed by atoms with Crippen LogP contribution in [0.5, 0.6) is 0 Å². The van der Waals surface area contributed by atoms with Crippen molar-refractivity contribution in [2.45, 2.75) is 64.0 Å². The first-order chi connectivity index (χ1) is 14.2. The van der Waals surface area contributed by atoms with Gasteiger partial charge in [0.2, 0.25) is 5.91 Å². The molecule has 166 valence electrons. The van der Waals surface area contributed by atoms with Crippen LogP contribution in [0.25, 0.3) is 5.82 Å². The maximum Gasteiger partial charge on any atom is 0.300 e. The molecule has 1 amide bonds. The van der Waals surface area contributed by atoms with E-state index in [1.54, 1.807) is 15.6 Å². The van der Waals surface area contributed by atoms with Gasteiger partial charge in [0.1, 0.15) is 5.82 Å². The number of amides is 1. The Hall–Kier alpha value is -2.79. The summed E-state index contributed by atoms with van der Waals surface area (Å²) in [6.45, 7) is 3.91. The zero-order valence-electron chi connectivity index (χ0n) is 17.7. The third kappa shape index (κ3) is 6.36. The van der Waals surface area contributed by atoms with Crippen molar-refractivity contribution in [2.24, 2.45) is 18.5 Å². The third-order valence-electron chi connectivity index (χ3n) is 4.76. The van der Waals surface area contributed by atoms with E-state index >= 15 is 0 Å². The molecule has 11 heteroatoms. The summed E-state index contributed by atoms with van der Waals surface area (Å²) in [6.07, 6.45) is 5.35. The van der Waals surface area contributed by atoms with Crippen molar-refractivity contribution in [1.82, 2.24) is 24.5 Å². The van der Waals surface area contributed by atoms with Crippen LogP contribution in [0.1, 0.15) is 57.1 Å². The summed E-state index contributed by atoms with van der Waals surface area (Å²) in [6, 6.07) is 1.82. The number of nitrogens with zero attached hydrogens (tertiary/aromatic N) is 5. The van der Waals surface area contributed by atoms with Crippen molar-refractivity contribution in [3.05, 3.63) is 23.9 Å². The Bertz CT molecular complexity index is 844. The van der Waals surface area contributed by atoms with Crippen LogP contribution in [0.2, 0.25) is 0 Å². The topological polar surface area (TPSA) is 164 Å². The highest BCUT2D eigenvalue weighted by Gasteiger charge is 2.33. The summed E-state index contributed by atoms with van der Waals surface area (Å²) in [4.78, 5) is 24.9. The number of carboxylic acid groups (broad SMARTS) is 1. The summed E-state index contributed by atoms with van der Waals surface area (Å²) < 4.78 is 9.35. The first kappa shape index (κ1) is 23.5. The number of carbonyl (C=O) groups excluding carboxylic acids is 1. The number of nitrogens with two attached hydrogens (primary N) is 2. The molecule has 0 bridgehead atoms. The molecular weight excluding hydrogens is 390 g/mol. The minimum atomic E-state index is -0.833. The minimum absolute atomic E-state index is 0.0128. The van der Waals surface area contributed by atoms with Crippen molar-refractivity contribution in [3.63, 3.8) is 0 Å². The molecule has 3 atom stereocenters.